The molecule has 4 rings (SSSR count). The first-order chi connectivity index (χ1) is 19.7. The third-order valence-electron chi connectivity index (χ3n) is 7.18. The Morgan fingerprint density at radius 2 is 1.61 bits per heavy atom. The Morgan fingerprint density at radius 1 is 0.976 bits per heavy atom. The molecule has 0 heterocycles. The van der Waals surface area contributed by atoms with Gasteiger partial charge < -0.3 is 15.0 Å². The molecule has 1 aliphatic rings. The third-order valence-corrected chi connectivity index (χ3v) is 8.95. The molecule has 8 nitrogen and oxygen atoms in total. The number of anilines is 1. The van der Waals surface area contributed by atoms with Crippen LogP contribution in [0.3, 0.4) is 0 Å². The van der Waals surface area contributed by atoms with E-state index in [1.54, 1.807) is 68.4 Å². The number of rotatable bonds is 12. The molecule has 1 saturated carbocycles. The van der Waals surface area contributed by atoms with Crippen LogP contribution in [0.1, 0.15) is 45.1 Å². The van der Waals surface area contributed by atoms with Crippen molar-refractivity contribution in [3.05, 3.63) is 90.2 Å². The van der Waals surface area contributed by atoms with Crippen LogP contribution in [0.25, 0.3) is 0 Å². The summed E-state index contributed by atoms with van der Waals surface area (Å²) in [7, 11) is -4.21. The van der Waals surface area contributed by atoms with Gasteiger partial charge in [-0.15, -0.1) is 0 Å². The van der Waals surface area contributed by atoms with Crippen LogP contribution in [0.4, 0.5) is 10.1 Å². The van der Waals surface area contributed by atoms with Crippen LogP contribution >= 0.6 is 0 Å². The van der Waals surface area contributed by atoms with Crippen molar-refractivity contribution >= 4 is 27.5 Å². The van der Waals surface area contributed by atoms with Gasteiger partial charge in [0.15, 0.2) is 0 Å². The minimum Gasteiger partial charge on any atom is -0.492 e. The number of halogens is 1. The lowest BCUT2D eigenvalue weighted by Gasteiger charge is -2.33. The molecule has 41 heavy (non-hydrogen) atoms. The van der Waals surface area contributed by atoms with Gasteiger partial charge in [0.2, 0.25) is 11.8 Å². The predicted molar refractivity (Wildman–Crippen MR) is 155 cm³/mol. The summed E-state index contributed by atoms with van der Waals surface area (Å²) in [5, 5.41) is 3.03. The number of benzene rings is 3. The smallest absolute Gasteiger partial charge is 0.264 e. The highest BCUT2D eigenvalue weighted by Gasteiger charge is 2.34. The van der Waals surface area contributed by atoms with E-state index in [1.807, 2.05) is 0 Å². The number of amides is 2. The molecule has 218 valence electrons. The fourth-order valence-electron chi connectivity index (χ4n) is 4.93. The third kappa shape index (κ3) is 7.43. The number of carbonyl (C=O) groups excluding carboxylic acids is 2. The first kappa shape index (κ1) is 30.0. The second kappa shape index (κ2) is 13.6. The summed E-state index contributed by atoms with van der Waals surface area (Å²) in [6.07, 6.45) is 3.82. The number of hydrogen-bond donors (Lipinski definition) is 1. The van der Waals surface area contributed by atoms with Crippen molar-refractivity contribution in [2.75, 3.05) is 17.5 Å². The van der Waals surface area contributed by atoms with Crippen LogP contribution in [0, 0.1) is 5.82 Å². The average molecular weight is 582 g/mol. The Morgan fingerprint density at radius 3 is 2.27 bits per heavy atom. The van der Waals surface area contributed by atoms with Crippen LogP contribution in [0.2, 0.25) is 0 Å². The summed E-state index contributed by atoms with van der Waals surface area (Å²) in [6.45, 7) is 3.11. The van der Waals surface area contributed by atoms with E-state index in [9.17, 15) is 22.4 Å². The van der Waals surface area contributed by atoms with Gasteiger partial charge in [-0.2, -0.15) is 0 Å². The number of nitrogens with zero attached hydrogens (tertiary/aromatic N) is 2. The van der Waals surface area contributed by atoms with Crippen molar-refractivity contribution < 1.29 is 27.1 Å². The van der Waals surface area contributed by atoms with Crippen LogP contribution in [0.5, 0.6) is 5.75 Å². The topological polar surface area (TPSA) is 96.0 Å². The molecule has 1 atom stereocenters. The molecule has 0 aromatic heterocycles. The number of nitrogens with one attached hydrogen (secondary N) is 1. The van der Waals surface area contributed by atoms with Crippen molar-refractivity contribution in [1.29, 1.82) is 0 Å². The van der Waals surface area contributed by atoms with E-state index in [-0.39, 0.29) is 29.1 Å². The SMILES string of the molecule is CCOc1ccccc1N(CC(=O)N(Cc1ccc(F)cc1)[C@@H](C)C(=O)NC1CCCC1)S(=O)(=O)c1ccccc1. The molecule has 1 fully saturated rings. The van der Waals surface area contributed by atoms with Crippen LogP contribution in [-0.2, 0) is 26.2 Å². The van der Waals surface area contributed by atoms with Crippen LogP contribution < -0.4 is 14.4 Å². The Labute approximate surface area is 241 Å². The highest BCUT2D eigenvalue weighted by atomic mass is 32.2. The Bertz CT molecular complexity index is 1430. The van der Waals surface area contributed by atoms with Crippen molar-refractivity contribution in [3.63, 3.8) is 0 Å². The minimum atomic E-state index is -4.21. The van der Waals surface area contributed by atoms with Gasteiger partial charge in [0, 0.05) is 12.6 Å². The summed E-state index contributed by atoms with van der Waals surface area (Å²) in [4.78, 5) is 28.7. The fraction of sp³-hybridized carbons (Fsp3) is 0.355. The molecule has 1 aliphatic carbocycles. The molecule has 0 unspecified atom stereocenters. The number of sulfonamides is 1. The molecule has 0 bridgehead atoms. The molecule has 0 radical (unpaired) electrons. The maximum Gasteiger partial charge on any atom is 0.264 e. The van der Waals surface area contributed by atoms with Crippen LogP contribution in [0.15, 0.2) is 83.8 Å². The quantitative estimate of drug-likeness (QED) is 0.329. The van der Waals surface area contributed by atoms with Gasteiger partial charge in [0.1, 0.15) is 24.2 Å². The summed E-state index contributed by atoms with van der Waals surface area (Å²) >= 11 is 0. The lowest BCUT2D eigenvalue weighted by atomic mass is 10.1. The standard InChI is InChI=1S/C31H36FN3O5S/c1-3-40-29-16-10-9-15-28(29)35(41(38,39)27-13-5-4-6-14-27)22-30(36)34(21-24-17-19-25(32)20-18-24)23(2)31(37)33-26-11-7-8-12-26/h4-6,9-10,13-20,23,26H,3,7-8,11-12,21-22H2,1-2H3,(H,33,37)/t23-/m0/s1. The summed E-state index contributed by atoms with van der Waals surface area (Å²) in [6, 6.07) is 19.3. The van der Waals surface area contributed by atoms with Gasteiger partial charge in [-0.3, -0.25) is 13.9 Å². The zero-order valence-corrected chi connectivity index (χ0v) is 24.1. The highest BCUT2D eigenvalue weighted by Crippen LogP contribution is 2.33. The number of hydrogen-bond acceptors (Lipinski definition) is 5. The molecule has 1 N–H and O–H groups in total. The molecule has 0 spiro atoms. The molecular formula is C31H36FN3O5S. The van der Waals surface area contributed by atoms with Gasteiger partial charge in [-0.25, -0.2) is 12.8 Å². The summed E-state index contributed by atoms with van der Waals surface area (Å²) < 4.78 is 48.3. The van der Waals surface area contributed by atoms with E-state index in [0.717, 1.165) is 30.0 Å². The lowest BCUT2D eigenvalue weighted by molar-refractivity contribution is -0.139. The first-order valence-corrected chi connectivity index (χ1v) is 15.3. The van der Waals surface area contributed by atoms with E-state index < -0.39 is 34.3 Å². The summed E-state index contributed by atoms with van der Waals surface area (Å²) in [5.41, 5.74) is 0.809. The number of ether oxygens (including phenoxy) is 1. The molecule has 0 saturated heterocycles. The van der Waals surface area contributed by atoms with Gasteiger partial charge >= 0.3 is 0 Å². The molecule has 3 aromatic rings. The van der Waals surface area contributed by atoms with Gasteiger partial charge in [-0.05, 0) is 68.7 Å². The van der Waals surface area contributed by atoms with Gasteiger partial charge in [-0.1, -0.05) is 55.3 Å². The van der Waals surface area contributed by atoms with E-state index in [1.165, 1.54) is 29.2 Å². The zero-order chi connectivity index (χ0) is 29.4. The van der Waals surface area contributed by atoms with E-state index in [4.69, 9.17) is 4.74 Å². The molecule has 0 aliphatic heterocycles. The molecule has 10 heteroatoms. The monoisotopic (exact) mass is 581 g/mol. The molecule has 3 aromatic carbocycles. The summed E-state index contributed by atoms with van der Waals surface area (Å²) in [5.74, 6) is -1.03. The largest absolute Gasteiger partial charge is 0.492 e. The maximum atomic E-state index is 14.1. The van der Waals surface area contributed by atoms with Crippen molar-refractivity contribution in [1.82, 2.24) is 10.2 Å². The van der Waals surface area contributed by atoms with E-state index in [0.29, 0.717) is 17.9 Å². The fourth-order valence-corrected chi connectivity index (χ4v) is 6.38. The van der Waals surface area contributed by atoms with E-state index >= 15 is 0 Å². The molecular weight excluding hydrogens is 545 g/mol. The van der Waals surface area contributed by atoms with Crippen molar-refractivity contribution in [3.8, 4) is 5.75 Å². The maximum absolute atomic E-state index is 14.1. The Kier molecular flexibility index (Phi) is 9.99. The Balaban J connectivity index is 1.71. The number of para-hydroxylation sites is 2. The first-order valence-electron chi connectivity index (χ1n) is 13.8. The minimum absolute atomic E-state index is 0.00923. The van der Waals surface area contributed by atoms with Gasteiger partial charge in [0.05, 0.1) is 17.2 Å². The second-order valence-electron chi connectivity index (χ2n) is 10.0. The van der Waals surface area contributed by atoms with Crippen LogP contribution in [-0.4, -0.2) is 50.4 Å². The lowest BCUT2D eigenvalue weighted by Crippen LogP contribution is -2.52. The Hall–Kier alpha value is -3.92. The van der Waals surface area contributed by atoms with E-state index in [2.05, 4.69) is 5.32 Å². The molecule has 2 amide bonds. The number of carbonyl (C=O) groups is 2. The normalized spacial score (nSPS) is 14.3. The highest BCUT2D eigenvalue weighted by molar-refractivity contribution is 7.92. The zero-order valence-electron chi connectivity index (χ0n) is 23.3. The predicted octanol–water partition coefficient (Wildman–Crippen LogP) is 4.90. The second-order valence-corrected chi connectivity index (χ2v) is 11.9. The average Bonchev–Trinajstić information content (AvgIpc) is 3.49. The van der Waals surface area contributed by atoms with Crippen molar-refractivity contribution in [2.24, 2.45) is 0 Å². The van der Waals surface area contributed by atoms with Crippen molar-refractivity contribution in [2.45, 2.75) is 63.1 Å². The van der Waals surface area contributed by atoms with Gasteiger partial charge in [0.25, 0.3) is 10.0 Å².